The van der Waals surface area contributed by atoms with Gasteiger partial charge < -0.3 is 15.8 Å². The van der Waals surface area contributed by atoms with Gasteiger partial charge in [-0.25, -0.2) is 15.0 Å². The van der Waals surface area contributed by atoms with Crippen LogP contribution in [0.5, 0.6) is 5.75 Å². The molecule has 7 nitrogen and oxygen atoms in total. The van der Waals surface area contributed by atoms with Gasteiger partial charge in [-0.15, -0.1) is 11.3 Å². The van der Waals surface area contributed by atoms with E-state index in [0.29, 0.717) is 18.0 Å². The predicted octanol–water partition coefficient (Wildman–Crippen LogP) is 4.88. The molecule has 2 unspecified atom stereocenters. The SMILES string of the molecule is CCC(Oc1cccc(C(C)Nc2cc(-c3ccc4ncsc4c3)nc(C)n2)c1)C(N)=O. The Labute approximate surface area is 190 Å². The molecule has 0 bridgehead atoms. The van der Waals surface area contributed by atoms with Crippen molar-refractivity contribution in [1.82, 2.24) is 15.0 Å². The topological polar surface area (TPSA) is 103 Å². The third-order valence-electron chi connectivity index (χ3n) is 5.15. The molecule has 4 aromatic rings. The van der Waals surface area contributed by atoms with E-state index in [1.54, 1.807) is 11.3 Å². The van der Waals surface area contributed by atoms with E-state index in [2.05, 4.69) is 26.3 Å². The van der Waals surface area contributed by atoms with Crippen LogP contribution in [0.4, 0.5) is 5.82 Å². The molecule has 0 spiro atoms. The first-order chi connectivity index (χ1) is 15.4. The summed E-state index contributed by atoms with van der Waals surface area (Å²) >= 11 is 1.61. The number of primary amides is 1. The molecule has 32 heavy (non-hydrogen) atoms. The first kappa shape index (κ1) is 21.7. The normalized spacial score (nSPS) is 13.0. The molecule has 0 aliphatic rings. The highest BCUT2D eigenvalue weighted by Crippen LogP contribution is 2.28. The van der Waals surface area contributed by atoms with Crippen LogP contribution >= 0.6 is 11.3 Å². The molecule has 0 aliphatic carbocycles. The van der Waals surface area contributed by atoms with Crippen LogP contribution in [-0.4, -0.2) is 27.0 Å². The van der Waals surface area contributed by atoms with E-state index in [-0.39, 0.29) is 6.04 Å². The van der Waals surface area contributed by atoms with Gasteiger partial charge in [-0.05, 0) is 50.1 Å². The van der Waals surface area contributed by atoms with Gasteiger partial charge in [-0.3, -0.25) is 4.79 Å². The summed E-state index contributed by atoms with van der Waals surface area (Å²) in [6, 6.07) is 15.7. The molecule has 164 valence electrons. The molecule has 2 aromatic carbocycles. The number of ether oxygens (including phenoxy) is 1. The van der Waals surface area contributed by atoms with Crippen LogP contribution in [0.2, 0.25) is 0 Å². The number of carbonyl (C=O) groups is 1. The molecule has 4 rings (SSSR count). The monoisotopic (exact) mass is 447 g/mol. The summed E-state index contributed by atoms with van der Waals surface area (Å²) in [6.07, 6.45) is -0.125. The third-order valence-corrected chi connectivity index (χ3v) is 5.95. The Morgan fingerprint density at radius 2 is 2.03 bits per heavy atom. The molecule has 0 aliphatic heterocycles. The summed E-state index contributed by atoms with van der Waals surface area (Å²) in [4.78, 5) is 25.0. The number of benzene rings is 2. The van der Waals surface area contributed by atoms with Crippen molar-refractivity contribution in [3.05, 3.63) is 65.4 Å². The number of nitrogens with one attached hydrogen (secondary N) is 1. The van der Waals surface area contributed by atoms with Gasteiger partial charge in [0.05, 0.1) is 27.5 Å². The first-order valence-corrected chi connectivity index (χ1v) is 11.3. The average molecular weight is 448 g/mol. The second kappa shape index (κ2) is 9.32. The van der Waals surface area contributed by atoms with Crippen LogP contribution in [0, 0.1) is 6.92 Å². The summed E-state index contributed by atoms with van der Waals surface area (Å²) < 4.78 is 6.88. The molecule has 3 N–H and O–H groups in total. The lowest BCUT2D eigenvalue weighted by atomic mass is 10.1. The minimum atomic E-state index is -0.642. The fourth-order valence-corrected chi connectivity index (χ4v) is 4.19. The maximum Gasteiger partial charge on any atom is 0.258 e. The van der Waals surface area contributed by atoms with E-state index in [0.717, 1.165) is 32.9 Å². The number of carbonyl (C=O) groups excluding carboxylic acids is 1. The van der Waals surface area contributed by atoms with Crippen molar-refractivity contribution in [3.63, 3.8) is 0 Å². The quantitative estimate of drug-likeness (QED) is 0.399. The van der Waals surface area contributed by atoms with Crippen molar-refractivity contribution in [1.29, 1.82) is 0 Å². The molecule has 8 heteroatoms. The number of anilines is 1. The first-order valence-electron chi connectivity index (χ1n) is 10.4. The second-order valence-corrected chi connectivity index (χ2v) is 8.46. The predicted molar refractivity (Wildman–Crippen MR) is 128 cm³/mol. The van der Waals surface area contributed by atoms with Crippen LogP contribution < -0.4 is 15.8 Å². The zero-order chi connectivity index (χ0) is 22.7. The van der Waals surface area contributed by atoms with Crippen molar-refractivity contribution in [2.24, 2.45) is 5.73 Å². The number of hydrogen-bond donors (Lipinski definition) is 2. The number of fused-ring (bicyclic) bond motifs is 1. The summed E-state index contributed by atoms with van der Waals surface area (Å²) in [6.45, 7) is 5.80. The Hall–Kier alpha value is -3.52. The van der Waals surface area contributed by atoms with Crippen LogP contribution in [0.15, 0.2) is 54.0 Å². The molecular formula is C24H25N5O2S. The van der Waals surface area contributed by atoms with Crippen LogP contribution in [0.1, 0.15) is 37.7 Å². The van der Waals surface area contributed by atoms with E-state index < -0.39 is 12.0 Å². The standard InChI is InChI=1S/C24H25N5O2S/c1-4-21(24(25)30)31-18-7-5-6-16(10-18)14(2)27-23-12-20(28-15(3)29-23)17-8-9-19-22(11-17)32-13-26-19/h5-14,21H,4H2,1-3H3,(H2,25,30)(H,27,28,29). The highest BCUT2D eigenvalue weighted by atomic mass is 32.1. The third kappa shape index (κ3) is 4.86. The van der Waals surface area contributed by atoms with Gasteiger partial charge in [0.15, 0.2) is 6.10 Å². The molecular weight excluding hydrogens is 422 g/mol. The molecule has 0 radical (unpaired) electrons. The molecule has 2 heterocycles. The fourth-order valence-electron chi connectivity index (χ4n) is 3.47. The summed E-state index contributed by atoms with van der Waals surface area (Å²) in [5.41, 5.74) is 11.1. The maximum atomic E-state index is 11.5. The van der Waals surface area contributed by atoms with Gasteiger partial charge in [0.2, 0.25) is 0 Å². The van der Waals surface area contributed by atoms with Crippen LogP contribution in [-0.2, 0) is 4.79 Å². The molecule has 0 saturated heterocycles. The number of aromatic nitrogens is 3. The lowest BCUT2D eigenvalue weighted by Gasteiger charge is -2.18. The minimum Gasteiger partial charge on any atom is -0.481 e. The van der Waals surface area contributed by atoms with Crippen LogP contribution in [0.25, 0.3) is 21.5 Å². The Kier molecular flexibility index (Phi) is 6.32. The zero-order valence-electron chi connectivity index (χ0n) is 18.2. The van der Waals surface area contributed by atoms with Crippen molar-refractivity contribution in [2.45, 2.75) is 39.3 Å². The van der Waals surface area contributed by atoms with Crippen molar-refractivity contribution in [2.75, 3.05) is 5.32 Å². The van der Waals surface area contributed by atoms with Crippen molar-refractivity contribution in [3.8, 4) is 17.0 Å². The Morgan fingerprint density at radius 3 is 2.81 bits per heavy atom. The summed E-state index contributed by atoms with van der Waals surface area (Å²) in [7, 11) is 0. The van der Waals surface area contributed by atoms with Gasteiger partial charge in [-0.1, -0.05) is 25.1 Å². The van der Waals surface area contributed by atoms with Crippen molar-refractivity contribution >= 4 is 33.3 Å². The van der Waals surface area contributed by atoms with E-state index in [9.17, 15) is 4.79 Å². The number of thiazole rings is 1. The van der Waals surface area contributed by atoms with Gasteiger partial charge in [-0.2, -0.15) is 0 Å². The van der Waals surface area contributed by atoms with Gasteiger partial charge in [0.1, 0.15) is 17.4 Å². The van der Waals surface area contributed by atoms with E-state index in [1.807, 2.05) is 68.7 Å². The Morgan fingerprint density at radius 1 is 1.19 bits per heavy atom. The minimum absolute atomic E-state index is 0.0432. The highest BCUT2D eigenvalue weighted by molar-refractivity contribution is 7.16. The van der Waals surface area contributed by atoms with E-state index >= 15 is 0 Å². The Bertz CT molecular complexity index is 1260. The number of rotatable bonds is 8. The van der Waals surface area contributed by atoms with Gasteiger partial charge in [0, 0.05) is 11.6 Å². The van der Waals surface area contributed by atoms with Crippen molar-refractivity contribution < 1.29 is 9.53 Å². The second-order valence-electron chi connectivity index (χ2n) is 7.58. The van der Waals surface area contributed by atoms with Crippen LogP contribution in [0.3, 0.4) is 0 Å². The number of nitrogens with two attached hydrogens (primary N) is 1. The van der Waals surface area contributed by atoms with E-state index in [4.69, 9.17) is 10.5 Å². The summed E-state index contributed by atoms with van der Waals surface area (Å²) in [5.74, 6) is 1.56. The van der Waals surface area contributed by atoms with E-state index in [1.165, 1.54) is 0 Å². The highest BCUT2D eigenvalue weighted by Gasteiger charge is 2.16. The number of hydrogen-bond acceptors (Lipinski definition) is 7. The van der Waals surface area contributed by atoms with Gasteiger partial charge in [0.25, 0.3) is 5.91 Å². The summed E-state index contributed by atoms with van der Waals surface area (Å²) in [5, 5.41) is 3.45. The number of aryl methyl sites for hydroxylation is 1. The smallest absolute Gasteiger partial charge is 0.258 e. The molecule has 2 atom stereocenters. The van der Waals surface area contributed by atoms with Gasteiger partial charge >= 0.3 is 0 Å². The molecule has 2 aromatic heterocycles. The lowest BCUT2D eigenvalue weighted by molar-refractivity contribution is -0.124. The number of amides is 1. The molecule has 0 fully saturated rings. The zero-order valence-corrected chi connectivity index (χ0v) is 19.0. The molecule has 0 saturated carbocycles. The lowest BCUT2D eigenvalue weighted by Crippen LogP contribution is -2.33. The fraction of sp³-hybridized carbons (Fsp3) is 0.250. The maximum absolute atomic E-state index is 11.5. The average Bonchev–Trinajstić information content (AvgIpc) is 3.25. The largest absolute Gasteiger partial charge is 0.481 e. The Balaban J connectivity index is 1.55. The molecule has 1 amide bonds. The number of nitrogens with zero attached hydrogens (tertiary/aromatic N) is 3.